The molecule has 0 spiro atoms. The highest BCUT2D eigenvalue weighted by Gasteiger charge is 2.41. The van der Waals surface area contributed by atoms with E-state index in [1.54, 1.807) is 6.26 Å². The van der Waals surface area contributed by atoms with Crippen LogP contribution in [0.5, 0.6) is 0 Å². The van der Waals surface area contributed by atoms with Crippen molar-refractivity contribution < 1.29 is 9.15 Å². The van der Waals surface area contributed by atoms with Crippen molar-refractivity contribution in [1.29, 1.82) is 0 Å². The maximum absolute atomic E-state index is 5.55. The molecule has 0 radical (unpaired) electrons. The summed E-state index contributed by atoms with van der Waals surface area (Å²) in [5, 5.41) is 7.03. The van der Waals surface area contributed by atoms with E-state index >= 15 is 0 Å². The third-order valence-electron chi connectivity index (χ3n) is 5.41. The van der Waals surface area contributed by atoms with Crippen LogP contribution >= 0.6 is 0 Å². The number of aliphatic imine (C=N–C) groups is 1. The zero-order chi connectivity index (χ0) is 19.7. The molecule has 3 rings (SSSR count). The lowest BCUT2D eigenvalue weighted by Crippen LogP contribution is -2.40. The molecule has 5 heteroatoms. The Bertz CT molecular complexity index is 709. The zero-order valence-electron chi connectivity index (χ0n) is 17.1. The second-order valence-corrected chi connectivity index (χ2v) is 7.64. The molecule has 5 nitrogen and oxygen atoms in total. The molecule has 0 bridgehead atoms. The van der Waals surface area contributed by atoms with E-state index in [1.807, 2.05) is 25.1 Å². The molecule has 1 fully saturated rings. The number of rotatable bonds is 11. The SMILES string of the molecule is CCOCCC1(CN=C(NCCc2ccco2)NC(C)c2ccccc2)CC1. The van der Waals surface area contributed by atoms with Gasteiger partial charge in [0.1, 0.15) is 5.76 Å². The number of hydrogen-bond donors (Lipinski definition) is 2. The Morgan fingerprint density at radius 1 is 1.21 bits per heavy atom. The lowest BCUT2D eigenvalue weighted by Gasteiger charge is -2.20. The Balaban J connectivity index is 1.58. The number of furan rings is 1. The van der Waals surface area contributed by atoms with Gasteiger partial charge in [-0.2, -0.15) is 0 Å². The summed E-state index contributed by atoms with van der Waals surface area (Å²) in [6.07, 6.45) is 6.14. The summed E-state index contributed by atoms with van der Waals surface area (Å²) in [6.45, 7) is 7.47. The summed E-state index contributed by atoms with van der Waals surface area (Å²) in [5.41, 5.74) is 1.58. The van der Waals surface area contributed by atoms with E-state index < -0.39 is 0 Å². The lowest BCUT2D eigenvalue weighted by molar-refractivity contribution is 0.129. The molecule has 1 heterocycles. The van der Waals surface area contributed by atoms with E-state index in [0.29, 0.717) is 5.41 Å². The minimum atomic E-state index is 0.189. The van der Waals surface area contributed by atoms with Gasteiger partial charge in [-0.15, -0.1) is 0 Å². The maximum Gasteiger partial charge on any atom is 0.191 e. The summed E-state index contributed by atoms with van der Waals surface area (Å²) in [4.78, 5) is 4.93. The van der Waals surface area contributed by atoms with Crippen LogP contribution in [0, 0.1) is 5.41 Å². The molecule has 1 aromatic heterocycles. The van der Waals surface area contributed by atoms with Crippen molar-refractivity contribution in [2.75, 3.05) is 26.3 Å². The Labute approximate surface area is 168 Å². The van der Waals surface area contributed by atoms with Crippen LogP contribution in [0.15, 0.2) is 58.1 Å². The molecule has 1 aliphatic rings. The van der Waals surface area contributed by atoms with Crippen molar-refractivity contribution in [1.82, 2.24) is 10.6 Å². The fourth-order valence-electron chi connectivity index (χ4n) is 3.29. The van der Waals surface area contributed by atoms with Gasteiger partial charge < -0.3 is 19.8 Å². The topological polar surface area (TPSA) is 58.8 Å². The maximum atomic E-state index is 5.55. The Morgan fingerprint density at radius 2 is 2.04 bits per heavy atom. The van der Waals surface area contributed by atoms with Crippen LogP contribution in [0.25, 0.3) is 0 Å². The molecule has 1 unspecified atom stereocenters. The quantitative estimate of drug-likeness (QED) is 0.345. The summed E-state index contributed by atoms with van der Waals surface area (Å²) >= 11 is 0. The van der Waals surface area contributed by atoms with E-state index in [9.17, 15) is 0 Å². The second kappa shape index (κ2) is 10.3. The Hall–Kier alpha value is -2.27. The van der Waals surface area contributed by atoms with Crippen molar-refractivity contribution >= 4 is 5.96 Å². The van der Waals surface area contributed by atoms with Crippen molar-refractivity contribution in [3.63, 3.8) is 0 Å². The molecule has 2 N–H and O–H groups in total. The predicted molar refractivity (Wildman–Crippen MR) is 113 cm³/mol. The summed E-state index contributed by atoms with van der Waals surface area (Å²) in [6, 6.07) is 14.6. The molecule has 2 aromatic rings. The first kappa shape index (κ1) is 20.5. The van der Waals surface area contributed by atoms with E-state index in [4.69, 9.17) is 14.1 Å². The molecular formula is C23H33N3O2. The molecule has 0 aliphatic heterocycles. The van der Waals surface area contributed by atoms with Gasteiger partial charge in [0, 0.05) is 32.7 Å². The van der Waals surface area contributed by atoms with Gasteiger partial charge in [0.15, 0.2) is 5.96 Å². The molecule has 1 aromatic carbocycles. The molecule has 1 atom stereocenters. The summed E-state index contributed by atoms with van der Waals surface area (Å²) in [5.74, 6) is 1.85. The van der Waals surface area contributed by atoms with Gasteiger partial charge in [0.05, 0.1) is 12.3 Å². The first-order chi connectivity index (χ1) is 13.7. The van der Waals surface area contributed by atoms with Gasteiger partial charge in [-0.1, -0.05) is 30.3 Å². The Morgan fingerprint density at radius 3 is 2.71 bits per heavy atom. The first-order valence-electron chi connectivity index (χ1n) is 10.4. The minimum Gasteiger partial charge on any atom is -0.469 e. The molecule has 0 saturated heterocycles. The van der Waals surface area contributed by atoms with Crippen LogP contribution in [-0.4, -0.2) is 32.3 Å². The fourth-order valence-corrected chi connectivity index (χ4v) is 3.29. The molecule has 152 valence electrons. The van der Waals surface area contributed by atoms with Crippen molar-refractivity contribution in [3.8, 4) is 0 Å². The average Bonchev–Trinajstić information content (AvgIpc) is 3.29. The summed E-state index contributed by atoms with van der Waals surface area (Å²) < 4.78 is 11.0. The van der Waals surface area contributed by atoms with E-state index in [2.05, 4.69) is 41.8 Å². The molecular weight excluding hydrogens is 350 g/mol. The van der Waals surface area contributed by atoms with Crippen LogP contribution in [0.2, 0.25) is 0 Å². The number of ether oxygens (including phenoxy) is 1. The highest BCUT2D eigenvalue weighted by atomic mass is 16.5. The molecule has 0 amide bonds. The van der Waals surface area contributed by atoms with E-state index in [-0.39, 0.29) is 6.04 Å². The minimum absolute atomic E-state index is 0.189. The van der Waals surface area contributed by atoms with Crippen LogP contribution in [0.1, 0.15) is 50.5 Å². The third kappa shape index (κ3) is 6.41. The fraction of sp³-hybridized carbons (Fsp3) is 0.522. The largest absolute Gasteiger partial charge is 0.469 e. The monoisotopic (exact) mass is 383 g/mol. The van der Waals surface area contributed by atoms with E-state index in [1.165, 1.54) is 18.4 Å². The number of nitrogens with one attached hydrogen (secondary N) is 2. The number of hydrogen-bond acceptors (Lipinski definition) is 3. The average molecular weight is 384 g/mol. The third-order valence-corrected chi connectivity index (χ3v) is 5.41. The van der Waals surface area contributed by atoms with Crippen molar-refractivity contribution in [3.05, 3.63) is 60.1 Å². The highest BCUT2D eigenvalue weighted by Crippen LogP contribution is 2.49. The smallest absolute Gasteiger partial charge is 0.191 e. The predicted octanol–water partition coefficient (Wildman–Crippen LogP) is 4.33. The van der Waals surface area contributed by atoms with Crippen LogP contribution in [-0.2, 0) is 11.2 Å². The summed E-state index contributed by atoms with van der Waals surface area (Å²) in [7, 11) is 0. The first-order valence-corrected chi connectivity index (χ1v) is 10.4. The van der Waals surface area contributed by atoms with Gasteiger partial charge in [-0.25, -0.2) is 0 Å². The lowest BCUT2D eigenvalue weighted by atomic mass is 10.0. The van der Waals surface area contributed by atoms with Crippen molar-refractivity contribution in [2.24, 2.45) is 10.4 Å². The standard InChI is InChI=1S/C23H33N3O2/c1-3-27-17-14-23(12-13-23)18-25-22(24-15-11-21-10-7-16-28-21)26-19(2)20-8-5-4-6-9-20/h4-10,16,19H,3,11-15,17-18H2,1-2H3,(H2,24,25,26). The van der Waals surface area contributed by atoms with Gasteiger partial charge in [0.2, 0.25) is 0 Å². The van der Waals surface area contributed by atoms with Gasteiger partial charge in [-0.05, 0) is 56.2 Å². The van der Waals surface area contributed by atoms with Crippen molar-refractivity contribution in [2.45, 2.75) is 45.6 Å². The Kier molecular flexibility index (Phi) is 7.54. The molecule has 1 saturated carbocycles. The van der Waals surface area contributed by atoms with Gasteiger partial charge in [-0.3, -0.25) is 4.99 Å². The van der Waals surface area contributed by atoms with Gasteiger partial charge >= 0.3 is 0 Å². The van der Waals surface area contributed by atoms with Crippen LogP contribution < -0.4 is 10.6 Å². The number of guanidine groups is 1. The number of nitrogens with zero attached hydrogens (tertiary/aromatic N) is 1. The normalized spacial score (nSPS) is 16.6. The second-order valence-electron chi connectivity index (χ2n) is 7.64. The van der Waals surface area contributed by atoms with Crippen LogP contribution in [0.3, 0.4) is 0 Å². The molecule has 28 heavy (non-hydrogen) atoms. The molecule has 1 aliphatic carbocycles. The zero-order valence-corrected chi connectivity index (χ0v) is 17.1. The van der Waals surface area contributed by atoms with E-state index in [0.717, 1.165) is 50.9 Å². The number of benzene rings is 1. The highest BCUT2D eigenvalue weighted by molar-refractivity contribution is 5.80. The van der Waals surface area contributed by atoms with Gasteiger partial charge in [0.25, 0.3) is 0 Å². The van der Waals surface area contributed by atoms with Crippen LogP contribution in [0.4, 0.5) is 0 Å².